The maximum absolute atomic E-state index is 13.6. The van der Waals surface area contributed by atoms with Crippen molar-refractivity contribution in [1.29, 1.82) is 0 Å². The van der Waals surface area contributed by atoms with Gasteiger partial charge in [0.05, 0.1) is 24.2 Å². The molecule has 0 aliphatic heterocycles. The van der Waals surface area contributed by atoms with E-state index in [-0.39, 0.29) is 34.4 Å². The molecule has 0 atom stereocenters. The molecule has 0 bridgehead atoms. The van der Waals surface area contributed by atoms with E-state index in [1.807, 2.05) is 54.7 Å². The lowest BCUT2D eigenvalue weighted by Gasteiger charge is -2.29. The summed E-state index contributed by atoms with van der Waals surface area (Å²) in [5.41, 5.74) is 0.843. The second-order valence-electron chi connectivity index (χ2n) is 14.8. The highest BCUT2D eigenvalue weighted by molar-refractivity contribution is 6.82. The van der Waals surface area contributed by atoms with Crippen LogP contribution in [0.25, 0.3) is 0 Å². The van der Waals surface area contributed by atoms with Crippen molar-refractivity contribution in [2.24, 2.45) is 0 Å². The van der Waals surface area contributed by atoms with Gasteiger partial charge in [-0.3, -0.25) is 14.4 Å². The number of benzene rings is 1. The molecule has 0 spiro atoms. The normalized spacial score (nSPS) is 11.3. The molecule has 0 unspecified atom stereocenters. The van der Waals surface area contributed by atoms with Crippen LogP contribution in [-0.2, 0) is 0 Å². The molecular weight excluding hydrogens is 715 g/mol. The fourth-order valence-electron chi connectivity index (χ4n) is 7.75. The maximum Gasteiger partial charge on any atom is 0.251 e. The SMILES string of the molecule is C=CC[Si](CC=C)(CC=C)CCCNC(=O)c1cc(C(=O)NCCC[Si](CC=C)(CC=C)CC=C)cc(C(=O)NCCC[Si](CC=C)(CC=C)CC=C)c1. The molecule has 3 amide bonds. The lowest BCUT2D eigenvalue weighted by Crippen LogP contribution is -2.35. The van der Waals surface area contributed by atoms with Crippen molar-refractivity contribution < 1.29 is 14.4 Å². The quantitative estimate of drug-likeness (QED) is 0.0377. The van der Waals surface area contributed by atoms with Gasteiger partial charge in [-0.2, -0.15) is 0 Å². The van der Waals surface area contributed by atoms with Crippen LogP contribution in [-0.4, -0.2) is 61.6 Å². The number of carbonyl (C=O) groups is 3. The molecule has 6 nitrogen and oxygen atoms in total. The van der Waals surface area contributed by atoms with Crippen molar-refractivity contribution in [2.45, 2.75) is 91.8 Å². The zero-order valence-corrected chi connectivity index (χ0v) is 36.2. The Morgan fingerprint density at radius 1 is 0.389 bits per heavy atom. The Kier molecular flexibility index (Phi) is 23.7. The molecule has 0 saturated carbocycles. The van der Waals surface area contributed by atoms with Gasteiger partial charge in [-0.25, -0.2) is 0 Å². The van der Waals surface area contributed by atoms with E-state index in [9.17, 15) is 14.4 Å². The molecule has 0 saturated heterocycles. The van der Waals surface area contributed by atoms with E-state index in [4.69, 9.17) is 0 Å². The van der Waals surface area contributed by atoms with Gasteiger partial charge in [0.1, 0.15) is 0 Å². The Labute approximate surface area is 331 Å². The fraction of sp³-hybridized carbons (Fsp3) is 0.400. The Morgan fingerprint density at radius 3 is 0.741 bits per heavy atom. The van der Waals surface area contributed by atoms with Crippen LogP contribution in [0.4, 0.5) is 0 Å². The maximum atomic E-state index is 13.6. The number of amides is 3. The number of rotatable bonds is 33. The van der Waals surface area contributed by atoms with Crippen LogP contribution in [0.3, 0.4) is 0 Å². The Balaban J connectivity index is 3.21. The minimum Gasteiger partial charge on any atom is -0.352 e. The molecule has 54 heavy (non-hydrogen) atoms. The summed E-state index contributed by atoms with van der Waals surface area (Å²) in [4.78, 5) is 40.7. The number of hydrogen-bond acceptors (Lipinski definition) is 3. The van der Waals surface area contributed by atoms with Gasteiger partial charge in [0.15, 0.2) is 0 Å². The lowest BCUT2D eigenvalue weighted by atomic mass is 10.0. The van der Waals surface area contributed by atoms with Crippen LogP contribution in [0.15, 0.2) is 132 Å². The Hall–Kier alpha value is -4.06. The first-order valence-electron chi connectivity index (χ1n) is 19.5. The van der Waals surface area contributed by atoms with E-state index in [2.05, 4.69) is 75.2 Å². The summed E-state index contributed by atoms with van der Waals surface area (Å²) in [5, 5.41) is 9.13. The Morgan fingerprint density at radius 2 is 0.574 bits per heavy atom. The standard InChI is InChI=1S/C45H69N3O3Si3/c1-10-25-52(26-11-2,27-12-3)34-19-22-46-43(49)40-37-41(44(50)47-23-20-35-53(28-13-4,29-14-5)30-15-6)39-42(38-40)45(51)48-24-21-36-54(31-16-7,32-17-8)33-18-9/h10-18,37-39H,1-9,19-36H2,(H,46,49)(H,47,50)(H,48,51). The third-order valence-electron chi connectivity index (χ3n) is 10.4. The van der Waals surface area contributed by atoms with E-state index >= 15 is 0 Å². The van der Waals surface area contributed by atoms with Crippen LogP contribution in [0.1, 0.15) is 50.3 Å². The smallest absolute Gasteiger partial charge is 0.251 e. The summed E-state index contributed by atoms with van der Waals surface area (Å²) in [6.07, 6.45) is 20.3. The van der Waals surface area contributed by atoms with Crippen molar-refractivity contribution in [2.75, 3.05) is 19.6 Å². The van der Waals surface area contributed by atoms with Gasteiger partial charge in [-0.05, 0) is 91.9 Å². The molecule has 0 aliphatic rings. The second kappa shape index (κ2) is 26.7. The molecule has 294 valence electrons. The van der Waals surface area contributed by atoms with Gasteiger partial charge in [0.25, 0.3) is 17.7 Å². The van der Waals surface area contributed by atoms with Crippen molar-refractivity contribution >= 4 is 41.9 Å². The van der Waals surface area contributed by atoms with Crippen LogP contribution < -0.4 is 16.0 Å². The van der Waals surface area contributed by atoms with Gasteiger partial charge in [0.2, 0.25) is 0 Å². The van der Waals surface area contributed by atoms with Crippen molar-refractivity contribution in [3.8, 4) is 0 Å². The van der Waals surface area contributed by atoms with E-state index in [0.29, 0.717) is 19.6 Å². The predicted molar refractivity (Wildman–Crippen MR) is 244 cm³/mol. The minimum absolute atomic E-state index is 0.281. The topological polar surface area (TPSA) is 87.3 Å². The highest BCUT2D eigenvalue weighted by Gasteiger charge is 2.30. The third-order valence-corrected chi connectivity index (χ3v) is 25.1. The van der Waals surface area contributed by atoms with Gasteiger partial charge in [-0.1, -0.05) is 72.8 Å². The fourth-order valence-corrected chi connectivity index (χ4v) is 19.4. The Bertz CT molecular complexity index is 1200. The third kappa shape index (κ3) is 16.5. The molecule has 1 aromatic carbocycles. The molecule has 1 rings (SSSR count). The first-order chi connectivity index (χ1) is 26.0. The molecule has 1 aromatic rings. The van der Waals surface area contributed by atoms with E-state index < -0.39 is 24.2 Å². The minimum atomic E-state index is -1.72. The largest absolute Gasteiger partial charge is 0.352 e. The van der Waals surface area contributed by atoms with Crippen molar-refractivity contribution in [1.82, 2.24) is 16.0 Å². The molecular formula is C45H69N3O3Si3. The molecule has 0 radical (unpaired) electrons. The first kappa shape index (κ1) is 48.0. The van der Waals surface area contributed by atoms with Crippen LogP contribution in [0, 0.1) is 0 Å². The number of allylic oxidation sites excluding steroid dienone is 9. The summed E-state index contributed by atoms with van der Waals surface area (Å²) in [6.45, 7) is 37.2. The average molecular weight is 784 g/mol. The van der Waals surface area contributed by atoms with Crippen LogP contribution >= 0.6 is 0 Å². The zero-order valence-electron chi connectivity index (χ0n) is 33.2. The lowest BCUT2D eigenvalue weighted by molar-refractivity contribution is 0.0953. The zero-order chi connectivity index (χ0) is 40.3. The summed E-state index contributed by atoms with van der Waals surface area (Å²) >= 11 is 0. The monoisotopic (exact) mass is 783 g/mol. The molecule has 3 N–H and O–H groups in total. The van der Waals surface area contributed by atoms with Crippen molar-refractivity contribution in [3.63, 3.8) is 0 Å². The first-order valence-corrected chi connectivity index (χ1v) is 28.0. The molecule has 0 aliphatic carbocycles. The predicted octanol–water partition coefficient (Wildman–Crippen LogP) is 11.1. The molecule has 0 heterocycles. The molecule has 0 aromatic heterocycles. The highest BCUT2D eigenvalue weighted by Crippen LogP contribution is 2.30. The summed E-state index contributed by atoms with van der Waals surface area (Å²) in [5.74, 6) is -0.944. The summed E-state index contributed by atoms with van der Waals surface area (Å²) in [6, 6.07) is 16.5. The van der Waals surface area contributed by atoms with Crippen molar-refractivity contribution in [3.05, 3.63) is 149 Å². The van der Waals surface area contributed by atoms with Gasteiger partial charge < -0.3 is 16.0 Å². The van der Waals surface area contributed by atoms with Gasteiger partial charge in [-0.15, -0.1) is 59.2 Å². The number of carbonyl (C=O) groups excluding carboxylic acids is 3. The van der Waals surface area contributed by atoms with E-state index in [1.165, 1.54) is 0 Å². The van der Waals surface area contributed by atoms with E-state index in [0.717, 1.165) is 91.8 Å². The molecule has 0 fully saturated rings. The highest BCUT2D eigenvalue weighted by atomic mass is 28.3. The van der Waals surface area contributed by atoms with Gasteiger partial charge >= 0.3 is 0 Å². The number of nitrogens with one attached hydrogen (secondary N) is 3. The van der Waals surface area contributed by atoms with Crippen LogP contribution in [0.5, 0.6) is 0 Å². The summed E-state index contributed by atoms with van der Waals surface area (Å²) < 4.78 is 0. The number of hydrogen-bond donors (Lipinski definition) is 3. The summed E-state index contributed by atoms with van der Waals surface area (Å²) in [7, 11) is -5.15. The molecule has 9 heteroatoms. The van der Waals surface area contributed by atoms with Gasteiger partial charge in [0, 0.05) is 36.3 Å². The average Bonchev–Trinajstić information content (AvgIpc) is 3.14. The van der Waals surface area contributed by atoms with Crippen LogP contribution in [0.2, 0.25) is 72.5 Å². The van der Waals surface area contributed by atoms with E-state index in [1.54, 1.807) is 18.2 Å². The second-order valence-corrected chi connectivity index (χ2v) is 29.0.